The van der Waals surface area contributed by atoms with Crippen LogP contribution < -0.4 is 0 Å². The molecule has 98 valence electrons. The lowest BCUT2D eigenvalue weighted by Gasteiger charge is -2.31. The number of rotatable bonds is 4. The summed E-state index contributed by atoms with van der Waals surface area (Å²) in [7, 11) is 2.17. The summed E-state index contributed by atoms with van der Waals surface area (Å²) >= 11 is 2.43. The highest BCUT2D eigenvalue weighted by Gasteiger charge is 2.16. The van der Waals surface area contributed by atoms with Gasteiger partial charge in [-0.15, -0.1) is 0 Å². The van der Waals surface area contributed by atoms with Crippen LogP contribution in [0, 0.1) is 0 Å². The SMILES string of the molecule is C[N+]1=CCN(CCCN2CCN(I)CC2)CC1. The summed E-state index contributed by atoms with van der Waals surface area (Å²) in [5.41, 5.74) is 0. The van der Waals surface area contributed by atoms with Gasteiger partial charge in [0.25, 0.3) is 0 Å². The zero-order chi connectivity index (χ0) is 12.1. The van der Waals surface area contributed by atoms with Crippen molar-refractivity contribution in [2.45, 2.75) is 6.42 Å². The van der Waals surface area contributed by atoms with Gasteiger partial charge in [0.05, 0.1) is 13.1 Å². The zero-order valence-corrected chi connectivity index (χ0v) is 13.0. The van der Waals surface area contributed by atoms with E-state index in [-0.39, 0.29) is 0 Å². The molecule has 2 aliphatic heterocycles. The maximum absolute atomic E-state index is 2.61. The monoisotopic (exact) mass is 351 g/mol. The molecule has 0 aromatic carbocycles. The molecule has 0 saturated carbocycles. The van der Waals surface area contributed by atoms with Gasteiger partial charge in [0.15, 0.2) is 12.8 Å². The Morgan fingerprint density at radius 2 is 1.76 bits per heavy atom. The molecule has 0 atom stereocenters. The molecule has 0 aromatic rings. The van der Waals surface area contributed by atoms with E-state index in [0.29, 0.717) is 0 Å². The second-order valence-electron chi connectivity index (χ2n) is 5.07. The van der Waals surface area contributed by atoms with Gasteiger partial charge in [0.1, 0.15) is 7.05 Å². The van der Waals surface area contributed by atoms with Gasteiger partial charge in [-0.1, -0.05) is 0 Å². The van der Waals surface area contributed by atoms with Gasteiger partial charge >= 0.3 is 0 Å². The van der Waals surface area contributed by atoms with E-state index in [1.165, 1.54) is 58.8 Å². The summed E-state index contributed by atoms with van der Waals surface area (Å²) in [4.78, 5) is 5.17. The average Bonchev–Trinajstić information content (AvgIpc) is 2.34. The second-order valence-corrected chi connectivity index (χ2v) is 6.43. The van der Waals surface area contributed by atoms with Crippen LogP contribution in [0.25, 0.3) is 0 Å². The Bertz CT molecular complexity index is 261. The third kappa shape index (κ3) is 4.81. The Kier molecular flexibility index (Phi) is 5.65. The highest BCUT2D eigenvalue weighted by Crippen LogP contribution is 2.07. The maximum Gasteiger partial charge on any atom is 0.154 e. The normalized spacial score (nSPS) is 24.9. The molecule has 2 aliphatic rings. The first-order valence-corrected chi connectivity index (χ1v) is 7.59. The lowest BCUT2D eigenvalue weighted by atomic mass is 10.3. The van der Waals surface area contributed by atoms with Gasteiger partial charge in [-0.05, 0) is 13.0 Å². The minimum atomic E-state index is 1.14. The van der Waals surface area contributed by atoms with Crippen LogP contribution >= 0.6 is 22.9 Å². The van der Waals surface area contributed by atoms with Gasteiger partial charge in [-0.3, -0.25) is 4.90 Å². The first-order valence-electron chi connectivity index (χ1n) is 6.63. The zero-order valence-electron chi connectivity index (χ0n) is 10.8. The summed E-state index contributed by atoms with van der Waals surface area (Å²) < 4.78 is 4.69. The number of likely N-dealkylation sites (N-methyl/N-ethyl adjacent to an activating group) is 1. The molecule has 2 heterocycles. The fraction of sp³-hybridized carbons (Fsp3) is 0.917. The van der Waals surface area contributed by atoms with Crippen molar-refractivity contribution in [3.8, 4) is 0 Å². The Morgan fingerprint density at radius 1 is 1.06 bits per heavy atom. The van der Waals surface area contributed by atoms with Gasteiger partial charge in [0.2, 0.25) is 0 Å². The van der Waals surface area contributed by atoms with E-state index in [0.717, 1.165) is 6.54 Å². The van der Waals surface area contributed by atoms with Crippen LogP contribution in [0.15, 0.2) is 0 Å². The summed E-state index contributed by atoms with van der Waals surface area (Å²) in [6.07, 6.45) is 3.62. The van der Waals surface area contributed by atoms with Crippen LogP contribution in [-0.2, 0) is 0 Å². The molecule has 5 heteroatoms. The molecule has 2 rings (SSSR count). The highest BCUT2D eigenvalue weighted by atomic mass is 127. The number of nitrogens with zero attached hydrogens (tertiary/aromatic N) is 4. The van der Waals surface area contributed by atoms with E-state index >= 15 is 0 Å². The third-order valence-corrected chi connectivity index (χ3v) is 4.65. The first kappa shape index (κ1) is 13.7. The third-order valence-electron chi connectivity index (χ3n) is 3.69. The van der Waals surface area contributed by atoms with Crippen molar-refractivity contribution >= 4 is 29.1 Å². The number of hydrogen-bond donors (Lipinski definition) is 0. The van der Waals surface area contributed by atoms with Crippen molar-refractivity contribution in [1.82, 2.24) is 12.9 Å². The summed E-state index contributed by atoms with van der Waals surface area (Å²) in [5, 5.41) is 0. The standard InChI is InChI=1S/C12H24IN4/c1-14-5-7-15(8-6-14)3-2-4-16-9-11-17(13)12-10-16/h5H,2-4,6-12H2,1H3/q+1. The Balaban J connectivity index is 1.57. The molecule has 1 fully saturated rings. The summed E-state index contributed by atoms with van der Waals surface area (Å²) in [6.45, 7) is 11.0. The predicted molar refractivity (Wildman–Crippen MR) is 80.2 cm³/mol. The summed E-state index contributed by atoms with van der Waals surface area (Å²) in [5.74, 6) is 0. The topological polar surface area (TPSA) is 12.7 Å². The lowest BCUT2D eigenvalue weighted by molar-refractivity contribution is -0.499. The molecule has 0 bridgehead atoms. The van der Waals surface area contributed by atoms with Crippen molar-refractivity contribution in [2.75, 3.05) is 66.0 Å². The Morgan fingerprint density at radius 3 is 2.41 bits per heavy atom. The van der Waals surface area contributed by atoms with Crippen molar-refractivity contribution < 1.29 is 4.58 Å². The lowest BCUT2D eigenvalue weighted by Crippen LogP contribution is -2.44. The molecule has 0 spiro atoms. The largest absolute Gasteiger partial charge is 0.301 e. The molecule has 0 aliphatic carbocycles. The van der Waals surface area contributed by atoms with E-state index in [1.54, 1.807) is 0 Å². The minimum Gasteiger partial charge on any atom is -0.301 e. The van der Waals surface area contributed by atoms with Crippen LogP contribution in [0.5, 0.6) is 0 Å². The second kappa shape index (κ2) is 7.01. The fourth-order valence-electron chi connectivity index (χ4n) is 2.40. The van der Waals surface area contributed by atoms with Crippen LogP contribution in [0.3, 0.4) is 0 Å². The molecular weight excluding hydrogens is 327 g/mol. The summed E-state index contributed by atoms with van der Waals surface area (Å²) in [6, 6.07) is 0. The van der Waals surface area contributed by atoms with E-state index in [1.807, 2.05) is 0 Å². The van der Waals surface area contributed by atoms with E-state index in [2.05, 4.69) is 53.6 Å². The maximum atomic E-state index is 2.61. The van der Waals surface area contributed by atoms with Crippen LogP contribution in [0.4, 0.5) is 0 Å². The van der Waals surface area contributed by atoms with Crippen LogP contribution in [0.1, 0.15) is 6.42 Å². The molecule has 0 aromatic heterocycles. The molecule has 0 amide bonds. The number of halogens is 1. The van der Waals surface area contributed by atoms with Crippen molar-refractivity contribution in [3.63, 3.8) is 0 Å². The average molecular weight is 351 g/mol. The highest BCUT2D eigenvalue weighted by molar-refractivity contribution is 14.1. The molecule has 1 saturated heterocycles. The van der Waals surface area contributed by atoms with Gasteiger partial charge in [-0.2, -0.15) is 0 Å². The van der Waals surface area contributed by atoms with Gasteiger partial charge in [-0.25, -0.2) is 7.69 Å². The Hall–Kier alpha value is 0.280. The molecular formula is C12H24IN4+. The predicted octanol–water partition coefficient (Wildman–Crippen LogP) is 0.373. The smallest absolute Gasteiger partial charge is 0.154 e. The van der Waals surface area contributed by atoms with E-state index < -0.39 is 0 Å². The molecule has 0 N–H and O–H groups in total. The van der Waals surface area contributed by atoms with Gasteiger partial charge < -0.3 is 4.90 Å². The molecule has 4 nitrogen and oxygen atoms in total. The fourth-order valence-corrected chi connectivity index (χ4v) is 2.84. The molecule has 0 radical (unpaired) electrons. The number of hydrogen-bond acceptors (Lipinski definition) is 3. The van der Waals surface area contributed by atoms with Crippen molar-refractivity contribution in [2.24, 2.45) is 0 Å². The van der Waals surface area contributed by atoms with Gasteiger partial charge in [0, 0.05) is 55.6 Å². The van der Waals surface area contributed by atoms with Crippen molar-refractivity contribution in [1.29, 1.82) is 0 Å². The number of piperazine rings is 1. The minimum absolute atomic E-state index is 1.14. The quantitative estimate of drug-likeness (QED) is 0.413. The molecule has 0 unspecified atom stereocenters. The Labute approximate surface area is 119 Å². The van der Waals surface area contributed by atoms with Crippen molar-refractivity contribution in [3.05, 3.63) is 0 Å². The first-order chi connectivity index (χ1) is 8.24. The van der Waals surface area contributed by atoms with Crippen LogP contribution in [-0.4, -0.2) is 89.7 Å². The van der Waals surface area contributed by atoms with E-state index in [9.17, 15) is 0 Å². The van der Waals surface area contributed by atoms with E-state index in [4.69, 9.17) is 0 Å². The molecule has 17 heavy (non-hydrogen) atoms. The van der Waals surface area contributed by atoms with Crippen LogP contribution in [0.2, 0.25) is 0 Å².